The van der Waals surface area contributed by atoms with Crippen LogP contribution >= 0.6 is 23.5 Å². The molecule has 1 aromatic rings. The molecule has 17 heavy (non-hydrogen) atoms. The maximum absolute atomic E-state index is 11.2. The lowest BCUT2D eigenvalue weighted by molar-refractivity contribution is -0.136. The molecule has 0 spiro atoms. The van der Waals surface area contributed by atoms with Gasteiger partial charge in [0.15, 0.2) is 0 Å². The molecule has 1 aromatic carbocycles. The third kappa shape index (κ3) is 2.95. The molecule has 0 aromatic heterocycles. The number of aliphatic carboxylic acids is 1. The zero-order valence-electron chi connectivity index (χ0n) is 9.10. The van der Waals surface area contributed by atoms with Gasteiger partial charge in [-0.25, -0.2) is 0 Å². The zero-order valence-corrected chi connectivity index (χ0v) is 10.7. The van der Waals surface area contributed by atoms with Gasteiger partial charge < -0.3 is 10.4 Å². The van der Waals surface area contributed by atoms with Crippen LogP contribution in [0.3, 0.4) is 0 Å². The molecule has 2 rings (SSSR count). The van der Waals surface area contributed by atoms with E-state index in [2.05, 4.69) is 5.32 Å². The molecular formula is C11H11NO3S2. The van der Waals surface area contributed by atoms with Crippen molar-refractivity contribution < 1.29 is 14.7 Å². The number of hydrogen-bond acceptors (Lipinski definition) is 4. The second-order valence-electron chi connectivity index (χ2n) is 3.59. The van der Waals surface area contributed by atoms with Crippen LogP contribution in [0.25, 0.3) is 0 Å². The summed E-state index contributed by atoms with van der Waals surface area (Å²) in [6, 6.07) is 5.62. The van der Waals surface area contributed by atoms with E-state index in [0.717, 1.165) is 15.5 Å². The highest BCUT2D eigenvalue weighted by atomic mass is 32.2. The predicted octanol–water partition coefficient (Wildman–Crippen LogP) is 2.30. The molecule has 0 saturated heterocycles. The molecule has 6 heteroatoms. The van der Waals surface area contributed by atoms with E-state index >= 15 is 0 Å². The summed E-state index contributed by atoms with van der Waals surface area (Å²) in [6.45, 7) is 1.64. The van der Waals surface area contributed by atoms with Crippen LogP contribution in [0.15, 0.2) is 28.0 Å². The molecule has 1 aliphatic rings. The van der Waals surface area contributed by atoms with E-state index in [4.69, 9.17) is 5.11 Å². The lowest BCUT2D eigenvalue weighted by atomic mass is 10.3. The molecule has 1 atom stereocenters. The first-order chi connectivity index (χ1) is 8.06. The Morgan fingerprint density at radius 2 is 2.35 bits per heavy atom. The number of amides is 1. The number of rotatable bonds is 3. The summed E-state index contributed by atoms with van der Waals surface area (Å²) in [5.74, 6) is -0.424. The predicted molar refractivity (Wildman–Crippen MR) is 68.8 cm³/mol. The maximum atomic E-state index is 11.2. The number of anilines is 1. The van der Waals surface area contributed by atoms with Crippen LogP contribution in [-0.2, 0) is 9.59 Å². The van der Waals surface area contributed by atoms with Crippen molar-refractivity contribution in [3.8, 4) is 0 Å². The van der Waals surface area contributed by atoms with Gasteiger partial charge in [0.05, 0.1) is 11.4 Å². The van der Waals surface area contributed by atoms with Gasteiger partial charge in [0.2, 0.25) is 5.91 Å². The van der Waals surface area contributed by atoms with Crippen LogP contribution in [0, 0.1) is 0 Å². The minimum atomic E-state index is -0.842. The number of carboxylic acids is 1. The van der Waals surface area contributed by atoms with Crippen molar-refractivity contribution in [1.82, 2.24) is 0 Å². The normalized spacial score (nSPS) is 15.9. The molecule has 0 radical (unpaired) electrons. The molecule has 90 valence electrons. The van der Waals surface area contributed by atoms with Crippen molar-refractivity contribution >= 4 is 41.1 Å². The Labute approximate surface area is 107 Å². The van der Waals surface area contributed by atoms with Crippen molar-refractivity contribution in [2.24, 2.45) is 0 Å². The molecule has 1 unspecified atom stereocenters. The summed E-state index contributed by atoms with van der Waals surface area (Å²) in [5, 5.41) is 11.1. The number of fused-ring (bicyclic) bond motifs is 1. The zero-order chi connectivity index (χ0) is 12.4. The number of carboxylic acid groups (broad SMARTS) is 1. The molecule has 0 fully saturated rings. The number of nitrogens with one attached hydrogen (secondary N) is 1. The molecule has 0 aliphatic carbocycles. The van der Waals surface area contributed by atoms with E-state index in [-0.39, 0.29) is 5.91 Å². The Morgan fingerprint density at radius 1 is 1.59 bits per heavy atom. The van der Waals surface area contributed by atoms with Gasteiger partial charge in [0.1, 0.15) is 5.25 Å². The molecule has 1 heterocycles. The topological polar surface area (TPSA) is 66.4 Å². The van der Waals surface area contributed by atoms with Crippen molar-refractivity contribution in [2.75, 3.05) is 11.1 Å². The first-order valence-corrected chi connectivity index (χ1v) is 6.89. The number of carbonyl (C=O) groups excluding carboxylic acids is 1. The number of carbonyl (C=O) groups is 2. The summed E-state index contributed by atoms with van der Waals surface area (Å²) >= 11 is 2.76. The second-order valence-corrected chi connectivity index (χ2v) is 6.02. The number of hydrogen-bond donors (Lipinski definition) is 2. The molecule has 2 N–H and O–H groups in total. The standard InChI is InChI=1S/C11H11NO3S2/c1-6(11(14)15)17-7-2-3-9-8(4-7)12-10(13)5-16-9/h2-4,6H,5H2,1H3,(H,12,13)(H,14,15). The number of benzene rings is 1. The lowest BCUT2D eigenvalue weighted by Crippen LogP contribution is -2.18. The summed E-state index contributed by atoms with van der Waals surface area (Å²) in [6.07, 6.45) is 0. The van der Waals surface area contributed by atoms with E-state index in [1.54, 1.807) is 6.92 Å². The summed E-state index contributed by atoms with van der Waals surface area (Å²) in [4.78, 5) is 23.9. The van der Waals surface area contributed by atoms with Gasteiger partial charge in [0, 0.05) is 9.79 Å². The van der Waals surface area contributed by atoms with E-state index in [1.165, 1.54) is 23.5 Å². The Bertz CT molecular complexity index is 476. The molecule has 0 saturated carbocycles. The highest BCUT2D eigenvalue weighted by molar-refractivity contribution is 8.01. The highest BCUT2D eigenvalue weighted by Crippen LogP contribution is 2.35. The van der Waals surface area contributed by atoms with Crippen LogP contribution in [0.2, 0.25) is 0 Å². The average Bonchev–Trinajstić information content (AvgIpc) is 2.28. The van der Waals surface area contributed by atoms with E-state index in [0.29, 0.717) is 5.75 Å². The lowest BCUT2D eigenvalue weighted by Gasteiger charge is -2.17. The van der Waals surface area contributed by atoms with Gasteiger partial charge in [-0.2, -0.15) is 0 Å². The van der Waals surface area contributed by atoms with Gasteiger partial charge in [0.25, 0.3) is 0 Å². The van der Waals surface area contributed by atoms with Gasteiger partial charge in [-0.1, -0.05) is 0 Å². The van der Waals surface area contributed by atoms with Crippen LogP contribution in [0.1, 0.15) is 6.92 Å². The molecule has 0 bridgehead atoms. The van der Waals surface area contributed by atoms with E-state index in [1.807, 2.05) is 18.2 Å². The highest BCUT2D eigenvalue weighted by Gasteiger charge is 2.17. The molecular weight excluding hydrogens is 258 g/mol. The molecule has 4 nitrogen and oxygen atoms in total. The Kier molecular flexibility index (Phi) is 3.63. The minimum absolute atomic E-state index is 0.0177. The fraction of sp³-hybridized carbons (Fsp3) is 0.273. The Morgan fingerprint density at radius 3 is 3.06 bits per heavy atom. The first-order valence-electron chi connectivity index (χ1n) is 5.02. The van der Waals surface area contributed by atoms with E-state index in [9.17, 15) is 9.59 Å². The second kappa shape index (κ2) is 5.01. The summed E-state index contributed by atoms with van der Waals surface area (Å²) in [5.41, 5.74) is 0.772. The molecule has 1 aliphatic heterocycles. The van der Waals surface area contributed by atoms with Crippen LogP contribution in [-0.4, -0.2) is 28.0 Å². The van der Waals surface area contributed by atoms with Gasteiger partial charge in [-0.15, -0.1) is 23.5 Å². The maximum Gasteiger partial charge on any atom is 0.316 e. The minimum Gasteiger partial charge on any atom is -0.480 e. The van der Waals surface area contributed by atoms with Crippen LogP contribution in [0.4, 0.5) is 5.69 Å². The molecule has 1 amide bonds. The third-order valence-electron chi connectivity index (χ3n) is 2.24. The van der Waals surface area contributed by atoms with Crippen LogP contribution < -0.4 is 5.32 Å². The van der Waals surface area contributed by atoms with Crippen molar-refractivity contribution in [3.05, 3.63) is 18.2 Å². The van der Waals surface area contributed by atoms with Gasteiger partial charge in [-0.05, 0) is 25.1 Å². The quantitative estimate of drug-likeness (QED) is 0.824. The van der Waals surface area contributed by atoms with Crippen molar-refractivity contribution in [2.45, 2.75) is 22.0 Å². The Hall–Kier alpha value is -1.14. The largest absolute Gasteiger partial charge is 0.480 e. The first kappa shape index (κ1) is 12.3. The smallest absolute Gasteiger partial charge is 0.316 e. The Balaban J connectivity index is 2.18. The van der Waals surface area contributed by atoms with Gasteiger partial charge >= 0.3 is 5.97 Å². The SMILES string of the molecule is CC(Sc1ccc2c(c1)NC(=O)CS2)C(=O)O. The fourth-order valence-corrected chi connectivity index (χ4v) is 3.02. The fourth-order valence-electron chi connectivity index (χ4n) is 1.39. The van der Waals surface area contributed by atoms with Crippen molar-refractivity contribution in [1.29, 1.82) is 0 Å². The third-order valence-corrected chi connectivity index (χ3v) is 4.40. The summed E-state index contributed by atoms with van der Waals surface area (Å²) < 4.78 is 0. The van der Waals surface area contributed by atoms with Gasteiger partial charge in [-0.3, -0.25) is 9.59 Å². The van der Waals surface area contributed by atoms with Crippen LogP contribution in [0.5, 0.6) is 0 Å². The average molecular weight is 269 g/mol. The summed E-state index contributed by atoms with van der Waals surface area (Å²) in [7, 11) is 0. The number of thioether (sulfide) groups is 2. The van der Waals surface area contributed by atoms with Crippen molar-refractivity contribution in [3.63, 3.8) is 0 Å². The van der Waals surface area contributed by atoms with E-state index < -0.39 is 11.2 Å². The monoisotopic (exact) mass is 269 g/mol.